The monoisotopic (exact) mass is 241 g/mol. The molecular formula is C14H24ClN. The molecule has 16 heavy (non-hydrogen) atoms. The summed E-state index contributed by atoms with van der Waals surface area (Å²) >= 11 is 0. The highest BCUT2D eigenvalue weighted by Gasteiger charge is 2.24. The van der Waals surface area contributed by atoms with Gasteiger partial charge in [-0.25, -0.2) is 0 Å². The van der Waals surface area contributed by atoms with E-state index in [-0.39, 0.29) is 17.9 Å². The Kier molecular flexibility index (Phi) is 6.70. The van der Waals surface area contributed by atoms with Crippen molar-refractivity contribution in [1.82, 2.24) is 0 Å². The Morgan fingerprint density at radius 1 is 1.19 bits per heavy atom. The van der Waals surface area contributed by atoms with Crippen LogP contribution in [0, 0.1) is 5.92 Å². The predicted octanol–water partition coefficient (Wildman–Crippen LogP) is 3.80. The SMILES string of the molecule is CCCC(Cc1ccccc1)C(C)(C)N.Cl. The van der Waals surface area contributed by atoms with Gasteiger partial charge in [0.2, 0.25) is 0 Å². The molecule has 0 fully saturated rings. The standard InChI is InChI=1S/C14H23N.ClH/c1-4-8-13(14(2,3)15)11-12-9-6-5-7-10-12;/h5-7,9-10,13H,4,8,11,15H2,1-3H3;1H. The molecule has 0 aliphatic rings. The van der Waals surface area contributed by atoms with Crippen molar-refractivity contribution in [1.29, 1.82) is 0 Å². The van der Waals surface area contributed by atoms with Crippen molar-refractivity contribution in [2.45, 2.75) is 45.6 Å². The first-order chi connectivity index (χ1) is 7.04. The van der Waals surface area contributed by atoms with Crippen LogP contribution in [-0.2, 0) is 6.42 Å². The molecule has 1 aromatic carbocycles. The fourth-order valence-electron chi connectivity index (χ4n) is 1.98. The minimum Gasteiger partial charge on any atom is -0.325 e. The van der Waals surface area contributed by atoms with Crippen LogP contribution in [0.1, 0.15) is 39.2 Å². The highest BCUT2D eigenvalue weighted by Crippen LogP contribution is 2.23. The Hall–Kier alpha value is -0.530. The van der Waals surface area contributed by atoms with Crippen LogP contribution in [0.15, 0.2) is 30.3 Å². The van der Waals surface area contributed by atoms with E-state index < -0.39 is 0 Å². The lowest BCUT2D eigenvalue weighted by Crippen LogP contribution is -2.41. The summed E-state index contributed by atoms with van der Waals surface area (Å²) in [5, 5.41) is 0. The fraction of sp³-hybridized carbons (Fsp3) is 0.571. The Morgan fingerprint density at radius 2 is 1.75 bits per heavy atom. The van der Waals surface area contributed by atoms with Crippen molar-refractivity contribution in [3.05, 3.63) is 35.9 Å². The zero-order valence-corrected chi connectivity index (χ0v) is 11.4. The maximum atomic E-state index is 6.21. The molecule has 1 unspecified atom stereocenters. The topological polar surface area (TPSA) is 26.0 Å². The van der Waals surface area contributed by atoms with Crippen molar-refractivity contribution < 1.29 is 0 Å². The van der Waals surface area contributed by atoms with E-state index in [4.69, 9.17) is 5.73 Å². The second-order valence-electron chi connectivity index (χ2n) is 5.00. The molecule has 0 heterocycles. The first kappa shape index (κ1) is 15.5. The van der Waals surface area contributed by atoms with Crippen LogP contribution in [0.3, 0.4) is 0 Å². The van der Waals surface area contributed by atoms with Crippen molar-refractivity contribution in [3.63, 3.8) is 0 Å². The second-order valence-corrected chi connectivity index (χ2v) is 5.00. The minimum absolute atomic E-state index is 0. The lowest BCUT2D eigenvalue weighted by molar-refractivity contribution is 0.297. The van der Waals surface area contributed by atoms with E-state index in [2.05, 4.69) is 51.1 Å². The Balaban J connectivity index is 0.00000225. The van der Waals surface area contributed by atoms with Crippen molar-refractivity contribution in [2.75, 3.05) is 0 Å². The van der Waals surface area contributed by atoms with Gasteiger partial charge in [0.25, 0.3) is 0 Å². The van der Waals surface area contributed by atoms with Gasteiger partial charge in [0.05, 0.1) is 0 Å². The maximum Gasteiger partial charge on any atom is 0.0129 e. The molecule has 0 amide bonds. The molecule has 92 valence electrons. The van der Waals surface area contributed by atoms with Crippen molar-refractivity contribution in [3.8, 4) is 0 Å². The first-order valence-corrected chi connectivity index (χ1v) is 5.87. The molecule has 1 rings (SSSR count). The van der Waals surface area contributed by atoms with E-state index in [9.17, 15) is 0 Å². The molecule has 0 aromatic heterocycles. The lowest BCUT2D eigenvalue weighted by Gasteiger charge is -2.30. The summed E-state index contributed by atoms with van der Waals surface area (Å²) in [4.78, 5) is 0. The normalized spacial score (nSPS) is 13.0. The summed E-state index contributed by atoms with van der Waals surface area (Å²) in [6.07, 6.45) is 3.51. The third-order valence-corrected chi connectivity index (χ3v) is 3.01. The van der Waals surface area contributed by atoms with Gasteiger partial charge < -0.3 is 5.73 Å². The molecule has 2 N–H and O–H groups in total. The van der Waals surface area contributed by atoms with E-state index in [1.165, 1.54) is 18.4 Å². The smallest absolute Gasteiger partial charge is 0.0129 e. The summed E-state index contributed by atoms with van der Waals surface area (Å²) in [6, 6.07) is 10.6. The number of benzene rings is 1. The fourth-order valence-corrected chi connectivity index (χ4v) is 1.98. The van der Waals surface area contributed by atoms with Crippen LogP contribution in [0.2, 0.25) is 0 Å². The van der Waals surface area contributed by atoms with Gasteiger partial charge >= 0.3 is 0 Å². The molecule has 0 bridgehead atoms. The van der Waals surface area contributed by atoms with Gasteiger partial charge in [0.15, 0.2) is 0 Å². The van der Waals surface area contributed by atoms with Crippen LogP contribution in [0.5, 0.6) is 0 Å². The van der Waals surface area contributed by atoms with Crippen LogP contribution in [0.25, 0.3) is 0 Å². The molecule has 1 nitrogen and oxygen atoms in total. The van der Waals surface area contributed by atoms with Gasteiger partial charge in [0, 0.05) is 5.54 Å². The van der Waals surface area contributed by atoms with Crippen LogP contribution < -0.4 is 5.73 Å². The third kappa shape index (κ3) is 5.00. The zero-order chi connectivity index (χ0) is 11.3. The summed E-state index contributed by atoms with van der Waals surface area (Å²) < 4.78 is 0. The molecule has 0 spiro atoms. The maximum absolute atomic E-state index is 6.21. The molecule has 1 atom stereocenters. The quantitative estimate of drug-likeness (QED) is 0.834. The summed E-state index contributed by atoms with van der Waals surface area (Å²) in [6.45, 7) is 6.50. The molecule has 1 aromatic rings. The van der Waals surface area contributed by atoms with Gasteiger partial charge in [-0.15, -0.1) is 12.4 Å². The Morgan fingerprint density at radius 3 is 2.19 bits per heavy atom. The number of nitrogens with two attached hydrogens (primary N) is 1. The number of hydrogen-bond acceptors (Lipinski definition) is 1. The van der Waals surface area contributed by atoms with E-state index in [1.807, 2.05) is 0 Å². The van der Waals surface area contributed by atoms with Gasteiger partial charge in [-0.1, -0.05) is 43.7 Å². The molecule has 0 saturated carbocycles. The van der Waals surface area contributed by atoms with E-state index >= 15 is 0 Å². The Labute approximate surface area is 106 Å². The summed E-state index contributed by atoms with van der Waals surface area (Å²) in [5.74, 6) is 0.574. The number of hydrogen-bond donors (Lipinski definition) is 1. The Bertz CT molecular complexity index is 277. The van der Waals surface area contributed by atoms with Crippen LogP contribution >= 0.6 is 12.4 Å². The first-order valence-electron chi connectivity index (χ1n) is 5.87. The number of rotatable bonds is 5. The summed E-state index contributed by atoms with van der Waals surface area (Å²) in [7, 11) is 0. The van der Waals surface area contributed by atoms with Gasteiger partial charge in [-0.3, -0.25) is 0 Å². The van der Waals surface area contributed by atoms with Crippen LogP contribution in [-0.4, -0.2) is 5.54 Å². The average molecular weight is 242 g/mol. The van der Waals surface area contributed by atoms with Crippen molar-refractivity contribution >= 4 is 12.4 Å². The van der Waals surface area contributed by atoms with Gasteiger partial charge in [-0.2, -0.15) is 0 Å². The van der Waals surface area contributed by atoms with E-state index in [0.29, 0.717) is 5.92 Å². The average Bonchev–Trinajstić information content (AvgIpc) is 2.17. The largest absolute Gasteiger partial charge is 0.325 e. The van der Waals surface area contributed by atoms with E-state index in [0.717, 1.165) is 6.42 Å². The van der Waals surface area contributed by atoms with E-state index in [1.54, 1.807) is 0 Å². The predicted molar refractivity (Wildman–Crippen MR) is 74.1 cm³/mol. The third-order valence-electron chi connectivity index (χ3n) is 3.01. The summed E-state index contributed by atoms with van der Waals surface area (Å²) in [5.41, 5.74) is 7.53. The van der Waals surface area contributed by atoms with Gasteiger partial charge in [0.1, 0.15) is 0 Å². The minimum atomic E-state index is -0.0775. The lowest BCUT2D eigenvalue weighted by atomic mass is 9.80. The zero-order valence-electron chi connectivity index (χ0n) is 10.6. The highest BCUT2D eigenvalue weighted by atomic mass is 35.5. The molecule has 0 radical (unpaired) electrons. The molecule has 2 heteroatoms. The molecule has 0 aliphatic carbocycles. The number of halogens is 1. The van der Waals surface area contributed by atoms with Crippen LogP contribution in [0.4, 0.5) is 0 Å². The van der Waals surface area contributed by atoms with Crippen molar-refractivity contribution in [2.24, 2.45) is 11.7 Å². The second kappa shape index (κ2) is 6.93. The molecule has 0 aliphatic heterocycles. The molecular weight excluding hydrogens is 218 g/mol. The van der Waals surface area contributed by atoms with Gasteiger partial charge in [-0.05, 0) is 38.2 Å². The molecule has 0 saturated heterocycles. The highest BCUT2D eigenvalue weighted by molar-refractivity contribution is 5.85.